The van der Waals surface area contributed by atoms with Crippen LogP contribution in [0.15, 0.2) is 18.5 Å². The summed E-state index contributed by atoms with van der Waals surface area (Å²) >= 11 is 0. The van der Waals surface area contributed by atoms with Crippen molar-refractivity contribution in [1.82, 2.24) is 20.4 Å². The first-order chi connectivity index (χ1) is 7.37. The van der Waals surface area contributed by atoms with E-state index in [-0.39, 0.29) is 17.6 Å². The molecule has 0 saturated carbocycles. The van der Waals surface area contributed by atoms with Crippen LogP contribution in [0.4, 0.5) is 4.79 Å². The highest BCUT2D eigenvalue weighted by atomic mass is 16.2. The van der Waals surface area contributed by atoms with E-state index in [0.29, 0.717) is 6.54 Å². The number of carbonyl (C=O) groups is 1. The predicted octanol–water partition coefficient (Wildman–Crippen LogP) is 1.37. The van der Waals surface area contributed by atoms with E-state index >= 15 is 0 Å². The highest BCUT2D eigenvalue weighted by Gasteiger charge is 2.15. The standard InChI is InChI=1S/C11H20N4O/c1-9(8-15-7-5-6-12-15)13-10(16)14-11(2,3)4/h5-7,9H,8H2,1-4H3,(H2,13,14,16). The maximum atomic E-state index is 11.5. The van der Waals surface area contributed by atoms with Gasteiger partial charge in [0, 0.05) is 24.0 Å². The fourth-order valence-corrected chi connectivity index (χ4v) is 1.34. The van der Waals surface area contributed by atoms with Crippen LogP contribution in [-0.4, -0.2) is 27.4 Å². The Labute approximate surface area is 96.2 Å². The van der Waals surface area contributed by atoms with Crippen molar-refractivity contribution < 1.29 is 4.79 Å². The Morgan fingerprint density at radius 2 is 2.19 bits per heavy atom. The lowest BCUT2D eigenvalue weighted by Crippen LogP contribution is -2.49. The number of hydrogen-bond acceptors (Lipinski definition) is 2. The van der Waals surface area contributed by atoms with Gasteiger partial charge in [-0.25, -0.2) is 4.79 Å². The molecule has 2 N–H and O–H groups in total. The summed E-state index contributed by atoms with van der Waals surface area (Å²) in [6.07, 6.45) is 3.60. The summed E-state index contributed by atoms with van der Waals surface area (Å²) in [4.78, 5) is 11.5. The van der Waals surface area contributed by atoms with Gasteiger partial charge in [-0.2, -0.15) is 5.10 Å². The lowest BCUT2D eigenvalue weighted by atomic mass is 10.1. The first-order valence-corrected chi connectivity index (χ1v) is 5.43. The number of aromatic nitrogens is 2. The zero-order valence-electron chi connectivity index (χ0n) is 10.3. The van der Waals surface area contributed by atoms with Crippen molar-refractivity contribution in [3.63, 3.8) is 0 Å². The van der Waals surface area contributed by atoms with Crippen LogP contribution in [0.3, 0.4) is 0 Å². The third-order valence-corrected chi connectivity index (χ3v) is 1.89. The quantitative estimate of drug-likeness (QED) is 0.814. The van der Waals surface area contributed by atoms with Gasteiger partial charge in [0.05, 0.1) is 6.54 Å². The average molecular weight is 224 g/mol. The van der Waals surface area contributed by atoms with E-state index in [4.69, 9.17) is 0 Å². The van der Waals surface area contributed by atoms with Crippen molar-refractivity contribution in [2.75, 3.05) is 0 Å². The van der Waals surface area contributed by atoms with E-state index in [1.807, 2.05) is 40.0 Å². The van der Waals surface area contributed by atoms with Crippen molar-refractivity contribution in [2.45, 2.75) is 45.8 Å². The summed E-state index contributed by atoms with van der Waals surface area (Å²) in [7, 11) is 0. The second-order valence-corrected chi connectivity index (χ2v) is 4.98. The smallest absolute Gasteiger partial charge is 0.315 e. The van der Waals surface area contributed by atoms with Gasteiger partial charge < -0.3 is 10.6 Å². The zero-order valence-corrected chi connectivity index (χ0v) is 10.3. The Morgan fingerprint density at radius 3 is 2.69 bits per heavy atom. The Hall–Kier alpha value is -1.52. The molecule has 0 aliphatic carbocycles. The van der Waals surface area contributed by atoms with E-state index < -0.39 is 0 Å². The van der Waals surface area contributed by atoms with Crippen LogP contribution in [0.2, 0.25) is 0 Å². The second kappa shape index (κ2) is 5.01. The second-order valence-electron chi connectivity index (χ2n) is 4.98. The molecule has 0 saturated heterocycles. The molecule has 0 fully saturated rings. The predicted molar refractivity (Wildman–Crippen MR) is 63.1 cm³/mol. The minimum absolute atomic E-state index is 0.0437. The molecule has 1 heterocycles. The van der Waals surface area contributed by atoms with Crippen molar-refractivity contribution in [2.24, 2.45) is 0 Å². The van der Waals surface area contributed by atoms with Gasteiger partial charge in [-0.15, -0.1) is 0 Å². The van der Waals surface area contributed by atoms with Crippen molar-refractivity contribution in [3.05, 3.63) is 18.5 Å². The normalized spacial score (nSPS) is 13.2. The van der Waals surface area contributed by atoms with Gasteiger partial charge in [-0.05, 0) is 33.8 Å². The number of carbonyl (C=O) groups excluding carboxylic acids is 1. The van der Waals surface area contributed by atoms with Crippen LogP contribution in [0, 0.1) is 0 Å². The summed E-state index contributed by atoms with van der Waals surface area (Å²) in [5, 5.41) is 9.80. The largest absolute Gasteiger partial charge is 0.334 e. The Morgan fingerprint density at radius 1 is 1.50 bits per heavy atom. The average Bonchev–Trinajstić information content (AvgIpc) is 2.51. The molecule has 1 rings (SSSR count). The molecule has 5 nitrogen and oxygen atoms in total. The molecule has 5 heteroatoms. The fraction of sp³-hybridized carbons (Fsp3) is 0.636. The van der Waals surface area contributed by atoms with E-state index in [0.717, 1.165) is 0 Å². The molecular weight excluding hydrogens is 204 g/mol. The highest BCUT2D eigenvalue weighted by Crippen LogP contribution is 1.98. The summed E-state index contributed by atoms with van der Waals surface area (Å²) in [5.41, 5.74) is -0.213. The van der Waals surface area contributed by atoms with Crippen molar-refractivity contribution >= 4 is 6.03 Å². The molecule has 1 unspecified atom stereocenters. The Bertz CT molecular complexity index is 326. The van der Waals surface area contributed by atoms with Crippen LogP contribution in [0.1, 0.15) is 27.7 Å². The number of urea groups is 1. The van der Waals surface area contributed by atoms with Crippen molar-refractivity contribution in [1.29, 1.82) is 0 Å². The van der Waals surface area contributed by atoms with E-state index in [1.54, 1.807) is 10.9 Å². The Kier molecular flexibility index (Phi) is 3.93. The molecule has 0 radical (unpaired) electrons. The molecule has 0 aliphatic heterocycles. The van der Waals surface area contributed by atoms with Gasteiger partial charge in [0.1, 0.15) is 0 Å². The number of rotatable bonds is 3. The van der Waals surface area contributed by atoms with Gasteiger partial charge in [0.2, 0.25) is 0 Å². The molecule has 2 amide bonds. The Balaban J connectivity index is 2.34. The third-order valence-electron chi connectivity index (χ3n) is 1.89. The number of hydrogen-bond donors (Lipinski definition) is 2. The molecule has 1 aromatic rings. The minimum Gasteiger partial charge on any atom is -0.334 e. The summed E-state index contributed by atoms with van der Waals surface area (Å²) in [5.74, 6) is 0. The molecule has 1 aromatic heterocycles. The summed E-state index contributed by atoms with van der Waals surface area (Å²) in [6, 6.07) is 1.76. The topological polar surface area (TPSA) is 59.0 Å². The maximum Gasteiger partial charge on any atom is 0.315 e. The van der Waals surface area contributed by atoms with Crippen LogP contribution >= 0.6 is 0 Å². The first kappa shape index (κ1) is 12.5. The summed E-state index contributed by atoms with van der Waals surface area (Å²) in [6.45, 7) is 8.47. The first-order valence-electron chi connectivity index (χ1n) is 5.43. The van der Waals surface area contributed by atoms with Crippen LogP contribution in [0.25, 0.3) is 0 Å². The van der Waals surface area contributed by atoms with E-state index in [2.05, 4.69) is 15.7 Å². The number of nitrogens with zero attached hydrogens (tertiary/aromatic N) is 2. The molecule has 1 atom stereocenters. The van der Waals surface area contributed by atoms with Gasteiger partial charge in [0.15, 0.2) is 0 Å². The lowest BCUT2D eigenvalue weighted by molar-refractivity contribution is 0.227. The van der Waals surface area contributed by atoms with Crippen LogP contribution in [0.5, 0.6) is 0 Å². The van der Waals surface area contributed by atoms with Gasteiger partial charge in [0.25, 0.3) is 0 Å². The molecule has 16 heavy (non-hydrogen) atoms. The SMILES string of the molecule is CC(Cn1cccn1)NC(=O)NC(C)(C)C. The highest BCUT2D eigenvalue weighted by molar-refractivity contribution is 5.74. The minimum atomic E-state index is -0.213. The van der Waals surface area contributed by atoms with Crippen LogP contribution in [-0.2, 0) is 6.54 Å². The number of amides is 2. The van der Waals surface area contributed by atoms with Crippen molar-refractivity contribution in [3.8, 4) is 0 Å². The van der Waals surface area contributed by atoms with E-state index in [1.165, 1.54) is 0 Å². The molecule has 0 aliphatic rings. The summed E-state index contributed by atoms with van der Waals surface area (Å²) < 4.78 is 1.79. The zero-order chi connectivity index (χ0) is 12.2. The molecule has 0 bridgehead atoms. The fourth-order valence-electron chi connectivity index (χ4n) is 1.34. The molecule has 0 aromatic carbocycles. The molecular formula is C11H20N4O. The molecule has 0 spiro atoms. The van der Waals surface area contributed by atoms with Gasteiger partial charge in [-0.3, -0.25) is 4.68 Å². The molecule has 90 valence electrons. The van der Waals surface area contributed by atoms with Gasteiger partial charge >= 0.3 is 6.03 Å². The number of nitrogens with one attached hydrogen (secondary N) is 2. The van der Waals surface area contributed by atoms with Gasteiger partial charge in [-0.1, -0.05) is 0 Å². The monoisotopic (exact) mass is 224 g/mol. The maximum absolute atomic E-state index is 11.5. The van der Waals surface area contributed by atoms with Crippen LogP contribution < -0.4 is 10.6 Å². The lowest BCUT2D eigenvalue weighted by Gasteiger charge is -2.22. The third kappa shape index (κ3) is 4.82. The van der Waals surface area contributed by atoms with E-state index in [9.17, 15) is 4.79 Å².